The lowest BCUT2D eigenvalue weighted by molar-refractivity contribution is -0.132. The molecule has 0 radical (unpaired) electrons. The minimum atomic E-state index is 0.0520. The molecule has 0 aliphatic heterocycles. The molecule has 2 unspecified atom stereocenters. The van der Waals surface area contributed by atoms with Crippen LogP contribution in [-0.2, 0) is 4.79 Å². The maximum Gasteiger partial charge on any atom is 0.224 e. The number of carbonyl (C=O) groups is 1. The van der Waals surface area contributed by atoms with Gasteiger partial charge in [0.1, 0.15) is 0 Å². The standard InChI is InChI=1S/C14H22N2O/c1-11(14(17)16(3)4)10-12(2)15-13-8-6-5-7-9-13/h5-9,11-12,15H,10H2,1-4H3. The lowest BCUT2D eigenvalue weighted by Gasteiger charge is -2.21. The predicted molar refractivity (Wildman–Crippen MR) is 72.0 cm³/mol. The third-order valence-corrected chi connectivity index (χ3v) is 2.76. The van der Waals surface area contributed by atoms with Gasteiger partial charge in [-0.3, -0.25) is 4.79 Å². The highest BCUT2D eigenvalue weighted by Gasteiger charge is 2.17. The Hall–Kier alpha value is -1.51. The summed E-state index contributed by atoms with van der Waals surface area (Å²) in [6, 6.07) is 10.4. The first kappa shape index (κ1) is 13.6. The number of nitrogens with one attached hydrogen (secondary N) is 1. The highest BCUT2D eigenvalue weighted by Crippen LogP contribution is 2.13. The molecule has 0 aromatic heterocycles. The molecule has 0 saturated heterocycles. The van der Waals surface area contributed by atoms with E-state index in [-0.39, 0.29) is 17.9 Å². The first-order valence-electron chi connectivity index (χ1n) is 6.03. The topological polar surface area (TPSA) is 32.3 Å². The Labute approximate surface area is 104 Å². The molecular formula is C14H22N2O. The minimum Gasteiger partial charge on any atom is -0.383 e. The van der Waals surface area contributed by atoms with Crippen molar-refractivity contribution in [1.82, 2.24) is 4.90 Å². The van der Waals surface area contributed by atoms with Crippen molar-refractivity contribution in [3.05, 3.63) is 30.3 Å². The number of benzene rings is 1. The van der Waals surface area contributed by atoms with Crippen LogP contribution in [0.25, 0.3) is 0 Å². The molecule has 0 aliphatic rings. The first-order chi connectivity index (χ1) is 8.00. The van der Waals surface area contributed by atoms with Gasteiger partial charge in [-0.15, -0.1) is 0 Å². The van der Waals surface area contributed by atoms with Gasteiger partial charge in [0.05, 0.1) is 0 Å². The van der Waals surface area contributed by atoms with Crippen molar-refractivity contribution in [1.29, 1.82) is 0 Å². The Balaban J connectivity index is 2.45. The SMILES string of the molecule is CC(CC(C)C(=O)N(C)C)Nc1ccccc1. The lowest BCUT2D eigenvalue weighted by Crippen LogP contribution is -2.31. The minimum absolute atomic E-state index is 0.0520. The number of carbonyl (C=O) groups excluding carboxylic acids is 1. The van der Waals surface area contributed by atoms with E-state index in [1.807, 2.05) is 37.3 Å². The van der Waals surface area contributed by atoms with Gasteiger partial charge < -0.3 is 10.2 Å². The van der Waals surface area contributed by atoms with Crippen LogP contribution >= 0.6 is 0 Å². The fraction of sp³-hybridized carbons (Fsp3) is 0.500. The van der Waals surface area contributed by atoms with Crippen molar-refractivity contribution in [2.45, 2.75) is 26.3 Å². The van der Waals surface area contributed by atoms with Gasteiger partial charge >= 0.3 is 0 Å². The summed E-state index contributed by atoms with van der Waals surface area (Å²) in [5.41, 5.74) is 1.10. The number of nitrogens with zero attached hydrogens (tertiary/aromatic N) is 1. The summed E-state index contributed by atoms with van der Waals surface area (Å²) in [5, 5.41) is 3.40. The van der Waals surface area contributed by atoms with Crippen LogP contribution in [0.2, 0.25) is 0 Å². The third kappa shape index (κ3) is 4.47. The zero-order valence-electron chi connectivity index (χ0n) is 11.1. The van der Waals surface area contributed by atoms with Crippen LogP contribution in [0.5, 0.6) is 0 Å². The molecule has 1 N–H and O–H groups in total. The molecule has 1 aromatic rings. The smallest absolute Gasteiger partial charge is 0.224 e. The zero-order valence-corrected chi connectivity index (χ0v) is 11.1. The molecule has 94 valence electrons. The van der Waals surface area contributed by atoms with Crippen LogP contribution in [0.15, 0.2) is 30.3 Å². The number of hydrogen-bond donors (Lipinski definition) is 1. The van der Waals surface area contributed by atoms with Crippen molar-refractivity contribution >= 4 is 11.6 Å². The van der Waals surface area contributed by atoms with Gasteiger partial charge in [-0.1, -0.05) is 25.1 Å². The van der Waals surface area contributed by atoms with E-state index in [4.69, 9.17) is 0 Å². The quantitative estimate of drug-likeness (QED) is 0.849. The number of rotatable bonds is 5. The third-order valence-electron chi connectivity index (χ3n) is 2.76. The van der Waals surface area contributed by atoms with Crippen LogP contribution in [0.1, 0.15) is 20.3 Å². The normalized spacial score (nSPS) is 13.9. The average molecular weight is 234 g/mol. The number of hydrogen-bond acceptors (Lipinski definition) is 2. The van der Waals surface area contributed by atoms with E-state index in [1.54, 1.807) is 19.0 Å². The number of anilines is 1. The van der Waals surface area contributed by atoms with Gasteiger partial charge in [-0.05, 0) is 25.5 Å². The zero-order chi connectivity index (χ0) is 12.8. The second-order valence-corrected chi connectivity index (χ2v) is 4.78. The number of para-hydroxylation sites is 1. The molecule has 3 heteroatoms. The first-order valence-corrected chi connectivity index (χ1v) is 6.03. The van der Waals surface area contributed by atoms with Crippen molar-refractivity contribution in [2.24, 2.45) is 5.92 Å². The summed E-state index contributed by atoms with van der Waals surface area (Å²) in [7, 11) is 3.60. The molecule has 0 spiro atoms. The van der Waals surface area contributed by atoms with Crippen LogP contribution in [0.4, 0.5) is 5.69 Å². The summed E-state index contributed by atoms with van der Waals surface area (Å²) in [6.07, 6.45) is 0.839. The highest BCUT2D eigenvalue weighted by molar-refractivity contribution is 5.77. The monoisotopic (exact) mass is 234 g/mol. The summed E-state index contributed by atoms with van der Waals surface area (Å²) < 4.78 is 0. The lowest BCUT2D eigenvalue weighted by atomic mass is 10.0. The molecule has 17 heavy (non-hydrogen) atoms. The van der Waals surface area contributed by atoms with E-state index >= 15 is 0 Å². The molecule has 3 nitrogen and oxygen atoms in total. The molecule has 1 rings (SSSR count). The maximum atomic E-state index is 11.7. The van der Waals surface area contributed by atoms with Gasteiger partial charge in [0.2, 0.25) is 5.91 Å². The summed E-state index contributed by atoms with van der Waals surface area (Å²) in [4.78, 5) is 13.4. The summed E-state index contributed by atoms with van der Waals surface area (Å²) >= 11 is 0. The second-order valence-electron chi connectivity index (χ2n) is 4.78. The number of amides is 1. The molecular weight excluding hydrogens is 212 g/mol. The van der Waals surface area contributed by atoms with Gasteiger partial charge in [0.25, 0.3) is 0 Å². The maximum absolute atomic E-state index is 11.7. The largest absolute Gasteiger partial charge is 0.383 e. The van der Waals surface area contributed by atoms with E-state index in [2.05, 4.69) is 12.2 Å². The molecule has 1 amide bonds. The Bertz CT molecular complexity index is 348. The predicted octanol–water partition coefficient (Wildman–Crippen LogP) is 2.60. The van der Waals surface area contributed by atoms with Crippen LogP contribution in [0, 0.1) is 5.92 Å². The Morgan fingerprint density at radius 1 is 1.24 bits per heavy atom. The van der Waals surface area contributed by atoms with Crippen LogP contribution < -0.4 is 5.32 Å². The van der Waals surface area contributed by atoms with Gasteiger partial charge in [0.15, 0.2) is 0 Å². The van der Waals surface area contributed by atoms with Gasteiger partial charge in [-0.2, -0.15) is 0 Å². The molecule has 0 heterocycles. The van der Waals surface area contributed by atoms with Crippen molar-refractivity contribution in [2.75, 3.05) is 19.4 Å². The Kier molecular flexibility index (Phi) is 5.01. The van der Waals surface area contributed by atoms with E-state index in [0.717, 1.165) is 12.1 Å². The molecule has 1 aromatic carbocycles. The van der Waals surface area contributed by atoms with Crippen molar-refractivity contribution in [3.63, 3.8) is 0 Å². The van der Waals surface area contributed by atoms with Crippen LogP contribution in [-0.4, -0.2) is 30.9 Å². The van der Waals surface area contributed by atoms with E-state index in [9.17, 15) is 4.79 Å². The average Bonchev–Trinajstić information content (AvgIpc) is 2.28. The molecule has 0 aliphatic carbocycles. The van der Waals surface area contributed by atoms with E-state index in [0.29, 0.717) is 0 Å². The molecule has 0 fully saturated rings. The van der Waals surface area contributed by atoms with E-state index < -0.39 is 0 Å². The fourth-order valence-electron chi connectivity index (χ4n) is 1.95. The second kappa shape index (κ2) is 6.28. The van der Waals surface area contributed by atoms with Gasteiger partial charge in [-0.25, -0.2) is 0 Å². The molecule has 0 saturated carbocycles. The van der Waals surface area contributed by atoms with Gasteiger partial charge in [0, 0.05) is 31.7 Å². The summed E-state index contributed by atoms with van der Waals surface area (Å²) in [5.74, 6) is 0.239. The van der Waals surface area contributed by atoms with Crippen molar-refractivity contribution in [3.8, 4) is 0 Å². The van der Waals surface area contributed by atoms with E-state index in [1.165, 1.54) is 0 Å². The molecule has 0 bridgehead atoms. The summed E-state index contributed by atoms with van der Waals surface area (Å²) in [6.45, 7) is 4.08. The molecule has 2 atom stereocenters. The van der Waals surface area contributed by atoms with Crippen molar-refractivity contribution < 1.29 is 4.79 Å². The Morgan fingerprint density at radius 3 is 2.35 bits per heavy atom. The fourth-order valence-corrected chi connectivity index (χ4v) is 1.95. The van der Waals surface area contributed by atoms with Crippen LogP contribution in [0.3, 0.4) is 0 Å². The Morgan fingerprint density at radius 2 is 1.82 bits per heavy atom. The highest BCUT2D eigenvalue weighted by atomic mass is 16.2.